The van der Waals surface area contributed by atoms with E-state index in [0.717, 1.165) is 21.4 Å². The Hall–Kier alpha value is -1.50. The van der Waals surface area contributed by atoms with Crippen LogP contribution in [0.15, 0.2) is 17.3 Å². The van der Waals surface area contributed by atoms with Crippen LogP contribution in [0.5, 0.6) is 0 Å². The second kappa shape index (κ2) is 6.51. The average molecular weight is 340 g/mol. The summed E-state index contributed by atoms with van der Waals surface area (Å²) in [5, 5.41) is 12.2. The first kappa shape index (κ1) is 17.6. The molecular weight excluding hydrogens is 324 g/mol. The van der Waals surface area contributed by atoms with Crippen LogP contribution in [0.2, 0.25) is 0 Å². The fraction of sp³-hybridized carbons (Fsp3) is 0.556. The minimum atomic E-state index is -3.93. The molecule has 12 heteroatoms. The van der Waals surface area contributed by atoms with Crippen LogP contribution in [-0.4, -0.2) is 68.4 Å². The number of sulfonamides is 2. The molecule has 0 saturated heterocycles. The summed E-state index contributed by atoms with van der Waals surface area (Å²) in [7, 11) is -4.74. The Bertz CT molecular complexity index is 706. The van der Waals surface area contributed by atoms with Gasteiger partial charge in [0, 0.05) is 26.8 Å². The van der Waals surface area contributed by atoms with Gasteiger partial charge in [-0.3, -0.25) is 9.48 Å². The summed E-state index contributed by atoms with van der Waals surface area (Å²) in [6.07, 6.45) is 2.04. The number of carboxylic acids is 1. The van der Waals surface area contributed by atoms with Crippen LogP contribution in [0.3, 0.4) is 0 Å². The molecule has 0 bridgehead atoms. The highest BCUT2D eigenvalue weighted by Gasteiger charge is 2.19. The van der Waals surface area contributed by atoms with Crippen molar-refractivity contribution in [3.8, 4) is 0 Å². The van der Waals surface area contributed by atoms with Crippen LogP contribution in [0.1, 0.15) is 0 Å². The number of aliphatic carboxylic acids is 1. The largest absolute Gasteiger partial charge is 0.480 e. The van der Waals surface area contributed by atoms with Crippen LogP contribution in [-0.2, 0) is 31.4 Å². The molecule has 0 unspecified atom stereocenters. The summed E-state index contributed by atoms with van der Waals surface area (Å²) in [6.45, 7) is -0.766. The van der Waals surface area contributed by atoms with E-state index in [1.807, 2.05) is 0 Å². The summed E-state index contributed by atoms with van der Waals surface area (Å²) in [4.78, 5) is 10.2. The predicted octanol–water partition coefficient (Wildman–Crippen LogP) is -1.86. The number of rotatable bonds is 8. The van der Waals surface area contributed by atoms with Crippen LogP contribution >= 0.6 is 0 Å². The number of carbonyl (C=O) groups is 1. The van der Waals surface area contributed by atoms with Crippen molar-refractivity contribution in [2.75, 3.05) is 26.4 Å². The van der Waals surface area contributed by atoms with Crippen molar-refractivity contribution in [1.29, 1.82) is 0 Å². The standard InChI is InChI=1S/C9H16N4O6S2/c1-12(2)20(16,17)4-3-11-21(18,19)8-5-10-13(6-8)7-9(14)15/h5-6,11H,3-4,7H2,1-2H3,(H,14,15). The maximum absolute atomic E-state index is 11.9. The van der Waals surface area contributed by atoms with Crippen molar-refractivity contribution < 1.29 is 26.7 Å². The second-order valence-electron chi connectivity index (χ2n) is 4.26. The third kappa shape index (κ3) is 5.08. The van der Waals surface area contributed by atoms with Crippen molar-refractivity contribution in [3.05, 3.63) is 12.4 Å². The maximum Gasteiger partial charge on any atom is 0.325 e. The SMILES string of the molecule is CN(C)S(=O)(=O)CCNS(=O)(=O)c1cnn(CC(=O)O)c1. The number of carboxylic acid groups (broad SMARTS) is 1. The number of nitrogens with one attached hydrogen (secondary N) is 1. The van der Waals surface area contributed by atoms with Gasteiger partial charge in [0.25, 0.3) is 0 Å². The lowest BCUT2D eigenvalue weighted by molar-refractivity contribution is -0.137. The maximum atomic E-state index is 11.9. The highest BCUT2D eigenvalue weighted by molar-refractivity contribution is 7.90. The molecule has 0 amide bonds. The molecule has 21 heavy (non-hydrogen) atoms. The van der Waals surface area contributed by atoms with E-state index in [0.29, 0.717) is 0 Å². The van der Waals surface area contributed by atoms with Gasteiger partial charge in [-0.05, 0) is 0 Å². The highest BCUT2D eigenvalue weighted by Crippen LogP contribution is 2.06. The van der Waals surface area contributed by atoms with Gasteiger partial charge in [0.1, 0.15) is 11.4 Å². The minimum Gasteiger partial charge on any atom is -0.480 e. The zero-order valence-corrected chi connectivity index (χ0v) is 13.1. The molecule has 0 saturated carbocycles. The number of hydrogen-bond donors (Lipinski definition) is 2. The Morgan fingerprint density at radius 2 is 2.00 bits per heavy atom. The Kier molecular flexibility index (Phi) is 5.44. The van der Waals surface area contributed by atoms with Gasteiger partial charge >= 0.3 is 5.97 Å². The molecule has 0 spiro atoms. The van der Waals surface area contributed by atoms with Gasteiger partial charge in [-0.2, -0.15) is 5.10 Å². The molecule has 0 aromatic carbocycles. The zero-order chi connectivity index (χ0) is 16.3. The van der Waals surface area contributed by atoms with Gasteiger partial charge in [0.05, 0.1) is 11.9 Å². The lowest BCUT2D eigenvalue weighted by Gasteiger charge is -2.11. The van der Waals surface area contributed by atoms with E-state index in [1.54, 1.807) is 0 Å². The molecule has 2 N–H and O–H groups in total. The number of hydrogen-bond acceptors (Lipinski definition) is 6. The molecule has 1 rings (SSSR count). The van der Waals surface area contributed by atoms with E-state index in [-0.39, 0.29) is 17.2 Å². The Balaban J connectivity index is 2.70. The van der Waals surface area contributed by atoms with Crippen LogP contribution in [0.25, 0.3) is 0 Å². The normalized spacial score (nSPS) is 12.7. The summed E-state index contributed by atoms with van der Waals surface area (Å²) in [5.41, 5.74) is 0. The van der Waals surface area contributed by atoms with Crippen molar-refractivity contribution in [2.24, 2.45) is 0 Å². The molecule has 1 heterocycles. The molecule has 1 aromatic heterocycles. The molecule has 0 fully saturated rings. The fourth-order valence-electron chi connectivity index (χ4n) is 1.28. The molecule has 0 aliphatic carbocycles. The van der Waals surface area contributed by atoms with Gasteiger partial charge in [-0.25, -0.2) is 25.9 Å². The summed E-state index contributed by atoms with van der Waals surface area (Å²) in [6, 6.07) is 0. The molecule has 0 aliphatic rings. The van der Waals surface area contributed by atoms with E-state index in [1.165, 1.54) is 14.1 Å². The van der Waals surface area contributed by atoms with Crippen LogP contribution in [0.4, 0.5) is 0 Å². The van der Waals surface area contributed by atoms with Crippen molar-refractivity contribution in [2.45, 2.75) is 11.4 Å². The van der Waals surface area contributed by atoms with Gasteiger partial charge in [0.2, 0.25) is 20.0 Å². The van der Waals surface area contributed by atoms with Gasteiger partial charge in [0.15, 0.2) is 0 Å². The molecular formula is C9H16N4O6S2. The quantitative estimate of drug-likeness (QED) is 0.565. The zero-order valence-electron chi connectivity index (χ0n) is 11.4. The first-order valence-electron chi connectivity index (χ1n) is 5.69. The summed E-state index contributed by atoms with van der Waals surface area (Å²) < 4.78 is 50.8. The van der Waals surface area contributed by atoms with Crippen molar-refractivity contribution >= 4 is 26.0 Å². The fourth-order valence-corrected chi connectivity index (χ4v) is 3.12. The third-order valence-corrected chi connectivity index (χ3v) is 5.67. The van der Waals surface area contributed by atoms with Crippen molar-refractivity contribution in [1.82, 2.24) is 18.8 Å². The first-order valence-corrected chi connectivity index (χ1v) is 8.78. The Morgan fingerprint density at radius 1 is 1.38 bits per heavy atom. The predicted molar refractivity (Wildman–Crippen MR) is 72.5 cm³/mol. The van der Waals surface area contributed by atoms with Gasteiger partial charge < -0.3 is 5.11 Å². The molecule has 120 valence electrons. The molecule has 0 aliphatic heterocycles. The molecule has 1 aromatic rings. The smallest absolute Gasteiger partial charge is 0.325 e. The van der Waals surface area contributed by atoms with Crippen molar-refractivity contribution in [3.63, 3.8) is 0 Å². The highest BCUT2D eigenvalue weighted by atomic mass is 32.2. The van der Waals surface area contributed by atoms with E-state index >= 15 is 0 Å². The number of aromatic nitrogens is 2. The number of nitrogens with zero attached hydrogens (tertiary/aromatic N) is 3. The van der Waals surface area contributed by atoms with Gasteiger partial charge in [-0.15, -0.1) is 0 Å². The Labute approximate surface area is 122 Å². The summed E-state index contributed by atoms with van der Waals surface area (Å²) >= 11 is 0. The molecule has 0 radical (unpaired) electrons. The monoisotopic (exact) mass is 340 g/mol. The minimum absolute atomic E-state index is 0.231. The third-order valence-electron chi connectivity index (χ3n) is 2.43. The van der Waals surface area contributed by atoms with E-state index < -0.39 is 32.6 Å². The van der Waals surface area contributed by atoms with E-state index in [2.05, 4.69) is 9.82 Å². The van der Waals surface area contributed by atoms with E-state index in [4.69, 9.17) is 5.11 Å². The Morgan fingerprint density at radius 3 is 2.52 bits per heavy atom. The van der Waals surface area contributed by atoms with Crippen LogP contribution in [0, 0.1) is 0 Å². The average Bonchev–Trinajstić information content (AvgIpc) is 2.76. The lowest BCUT2D eigenvalue weighted by Crippen LogP contribution is -2.33. The lowest BCUT2D eigenvalue weighted by atomic mass is 10.6. The first-order chi connectivity index (χ1) is 9.54. The second-order valence-corrected chi connectivity index (χ2v) is 8.33. The molecule has 0 atom stereocenters. The topological polar surface area (TPSA) is 139 Å². The summed E-state index contributed by atoms with van der Waals surface area (Å²) in [5.74, 6) is -1.55. The van der Waals surface area contributed by atoms with E-state index in [9.17, 15) is 21.6 Å². The molecule has 10 nitrogen and oxygen atoms in total. The van der Waals surface area contributed by atoms with Gasteiger partial charge in [-0.1, -0.05) is 0 Å². The van der Waals surface area contributed by atoms with Crippen LogP contribution < -0.4 is 4.72 Å².